The van der Waals surface area contributed by atoms with Gasteiger partial charge in [-0.05, 0) is 35.4 Å². The molecule has 2 aromatic heterocycles. The number of hydrogen-bond donors (Lipinski definition) is 0. The topological polar surface area (TPSA) is 29.0 Å². The molecule has 0 fully saturated rings. The Labute approximate surface area is 162 Å². The number of benzene rings is 2. The number of hydrogen-bond acceptors (Lipinski definition) is 3. The molecule has 0 unspecified atom stereocenters. The van der Waals surface area contributed by atoms with Crippen LogP contribution in [0.2, 0.25) is 0 Å². The number of aromatic nitrogens is 2. The predicted molar refractivity (Wildman–Crippen MR) is 115 cm³/mol. The largest absolute Gasteiger partial charge is 0.272 e. The molecule has 0 saturated heterocycles. The maximum atomic E-state index is 6.55. The fourth-order valence-corrected chi connectivity index (χ4v) is 8.78. The van der Waals surface area contributed by atoms with Crippen molar-refractivity contribution >= 4 is 40.2 Å². The number of rotatable bonds is 0. The van der Waals surface area contributed by atoms with Crippen molar-refractivity contribution in [3.05, 3.63) is 85.2 Å². The van der Waals surface area contributed by atoms with Gasteiger partial charge in [0, 0.05) is 34.1 Å². The van der Waals surface area contributed by atoms with Gasteiger partial charge in [-0.3, -0.25) is 4.67 Å². The average molecular weight is 383 g/mol. The lowest BCUT2D eigenvalue weighted by Crippen LogP contribution is -2.37. The summed E-state index contributed by atoms with van der Waals surface area (Å²) in [6, 6.07) is 25.3. The Morgan fingerprint density at radius 3 is 1.56 bits per heavy atom. The first-order chi connectivity index (χ1) is 13.3. The molecule has 4 heterocycles. The molecule has 3 nitrogen and oxygen atoms in total. The van der Waals surface area contributed by atoms with Crippen LogP contribution < -0.4 is 15.3 Å². The Morgan fingerprint density at radius 1 is 0.593 bits per heavy atom. The summed E-state index contributed by atoms with van der Waals surface area (Å²) in [7, 11) is 0. The van der Waals surface area contributed by atoms with Crippen molar-refractivity contribution < 1.29 is 0 Å². The predicted octanol–water partition coefficient (Wildman–Crippen LogP) is 4.62. The van der Waals surface area contributed by atoms with Crippen LogP contribution in [0.5, 0.6) is 0 Å². The second-order valence-corrected chi connectivity index (χ2v) is 10.8. The van der Waals surface area contributed by atoms with Crippen LogP contribution in [0.25, 0.3) is 22.3 Å². The molecule has 2 aliphatic heterocycles. The van der Waals surface area contributed by atoms with Gasteiger partial charge in [-0.1, -0.05) is 60.3 Å². The Hall–Kier alpha value is -2.81. The first kappa shape index (κ1) is 15.3. The lowest BCUT2D eigenvalue weighted by molar-refractivity contribution is 1.18. The summed E-state index contributed by atoms with van der Waals surface area (Å²) in [5.41, 5.74) is 4.61. The van der Waals surface area contributed by atoms with Crippen LogP contribution in [0, 0.1) is 0 Å². The standard InChI is InChI=1S/C22H14N3PS/c27-26-19-11-3-1-7-15(19)17-9-5-13-23-21(17)25(26)22-18(10-6-14-24-22)16-8-2-4-12-20(16)26/h1-14H. The van der Waals surface area contributed by atoms with Gasteiger partial charge in [0.1, 0.15) is 17.8 Å². The second kappa shape index (κ2) is 5.35. The van der Waals surface area contributed by atoms with E-state index in [9.17, 15) is 0 Å². The summed E-state index contributed by atoms with van der Waals surface area (Å²) >= 11 is 6.55. The molecule has 2 aromatic carbocycles. The third-order valence-electron chi connectivity index (χ3n) is 5.30. The Morgan fingerprint density at radius 2 is 1.04 bits per heavy atom. The first-order valence-electron chi connectivity index (χ1n) is 8.81. The summed E-state index contributed by atoms with van der Waals surface area (Å²) in [4.78, 5) is 9.53. The summed E-state index contributed by atoms with van der Waals surface area (Å²) in [5.74, 6) is 1.82. The molecular weight excluding hydrogens is 369 g/mol. The summed E-state index contributed by atoms with van der Waals surface area (Å²) in [5, 5.41) is 2.42. The average Bonchev–Trinajstić information content (AvgIpc) is 2.74. The van der Waals surface area contributed by atoms with Crippen LogP contribution in [-0.2, 0) is 11.8 Å². The highest BCUT2D eigenvalue weighted by Crippen LogP contribution is 2.64. The second-order valence-electron chi connectivity index (χ2n) is 6.67. The van der Waals surface area contributed by atoms with Gasteiger partial charge in [-0.25, -0.2) is 9.97 Å². The summed E-state index contributed by atoms with van der Waals surface area (Å²) in [6.07, 6.45) is 1.37. The van der Waals surface area contributed by atoms with Gasteiger partial charge in [-0.2, -0.15) is 0 Å². The maximum Gasteiger partial charge on any atom is 0.146 e. The van der Waals surface area contributed by atoms with E-state index >= 15 is 0 Å². The van der Waals surface area contributed by atoms with Crippen molar-refractivity contribution in [1.82, 2.24) is 9.97 Å². The van der Waals surface area contributed by atoms with E-state index in [1.54, 1.807) is 0 Å². The molecule has 0 radical (unpaired) electrons. The molecule has 0 N–H and O–H groups in total. The molecule has 128 valence electrons. The third kappa shape index (κ3) is 1.84. The minimum absolute atomic E-state index is 0.911. The number of fused-ring (bicyclic) bond motifs is 11. The van der Waals surface area contributed by atoms with E-state index < -0.39 is 6.19 Å². The van der Waals surface area contributed by atoms with Crippen LogP contribution >= 0.6 is 6.19 Å². The number of nitrogens with zero attached hydrogens (tertiary/aromatic N) is 3. The van der Waals surface area contributed by atoms with Crippen LogP contribution in [0.1, 0.15) is 0 Å². The Balaban J connectivity index is 1.84. The van der Waals surface area contributed by atoms with E-state index in [0.717, 1.165) is 22.8 Å². The molecule has 0 aliphatic carbocycles. The zero-order chi connectivity index (χ0) is 18.0. The molecule has 0 saturated carbocycles. The van der Waals surface area contributed by atoms with Gasteiger partial charge in [-0.15, -0.1) is 0 Å². The van der Waals surface area contributed by atoms with Gasteiger partial charge in [0.05, 0.1) is 0 Å². The minimum Gasteiger partial charge on any atom is -0.272 e. The molecule has 4 aromatic rings. The van der Waals surface area contributed by atoms with E-state index in [2.05, 4.69) is 65.3 Å². The van der Waals surface area contributed by atoms with Gasteiger partial charge in [0.25, 0.3) is 0 Å². The van der Waals surface area contributed by atoms with Crippen LogP contribution in [-0.4, -0.2) is 9.97 Å². The van der Waals surface area contributed by atoms with E-state index in [0.29, 0.717) is 0 Å². The highest BCUT2D eigenvalue weighted by atomic mass is 32.4. The van der Waals surface area contributed by atoms with E-state index in [-0.39, 0.29) is 0 Å². The van der Waals surface area contributed by atoms with Crippen molar-refractivity contribution in [1.29, 1.82) is 0 Å². The van der Waals surface area contributed by atoms with E-state index in [4.69, 9.17) is 21.8 Å². The van der Waals surface area contributed by atoms with Crippen LogP contribution in [0.3, 0.4) is 0 Å². The molecule has 0 amide bonds. The molecule has 27 heavy (non-hydrogen) atoms. The van der Waals surface area contributed by atoms with Gasteiger partial charge < -0.3 is 0 Å². The van der Waals surface area contributed by atoms with Gasteiger partial charge in [0.15, 0.2) is 0 Å². The lowest BCUT2D eigenvalue weighted by Gasteiger charge is -2.45. The fourth-order valence-electron chi connectivity index (χ4n) is 4.20. The molecule has 0 bridgehead atoms. The third-order valence-corrected chi connectivity index (χ3v) is 10.00. The lowest BCUT2D eigenvalue weighted by atomic mass is 10.0. The van der Waals surface area contributed by atoms with Crippen molar-refractivity contribution in [2.45, 2.75) is 0 Å². The fraction of sp³-hybridized carbons (Fsp3) is 0. The van der Waals surface area contributed by atoms with Crippen molar-refractivity contribution in [3.63, 3.8) is 0 Å². The molecule has 5 heteroatoms. The smallest absolute Gasteiger partial charge is 0.146 e. The molecule has 2 aliphatic rings. The van der Waals surface area contributed by atoms with Gasteiger partial charge in [0.2, 0.25) is 0 Å². The normalized spacial score (nSPS) is 15.0. The highest BCUT2D eigenvalue weighted by molar-refractivity contribution is 8.23. The Bertz CT molecular complexity index is 1190. The quantitative estimate of drug-likeness (QED) is 0.414. The van der Waals surface area contributed by atoms with Gasteiger partial charge >= 0.3 is 0 Å². The molecular formula is C22H14N3PS. The van der Waals surface area contributed by atoms with Crippen molar-refractivity contribution in [3.8, 4) is 22.3 Å². The zero-order valence-corrected chi connectivity index (χ0v) is 16.0. The number of pyridine rings is 2. The van der Waals surface area contributed by atoms with E-state index in [1.165, 1.54) is 21.7 Å². The maximum absolute atomic E-state index is 6.55. The Kier molecular flexibility index (Phi) is 3.03. The zero-order valence-electron chi connectivity index (χ0n) is 14.3. The van der Waals surface area contributed by atoms with Crippen LogP contribution in [0.4, 0.5) is 11.6 Å². The summed E-state index contributed by atoms with van der Waals surface area (Å²) in [6.45, 7) is 0. The summed E-state index contributed by atoms with van der Waals surface area (Å²) < 4.78 is 2.25. The highest BCUT2D eigenvalue weighted by Gasteiger charge is 2.45. The molecule has 0 spiro atoms. The van der Waals surface area contributed by atoms with Crippen molar-refractivity contribution in [2.24, 2.45) is 0 Å². The molecule has 0 atom stereocenters. The van der Waals surface area contributed by atoms with Crippen LogP contribution in [0.15, 0.2) is 85.2 Å². The first-order valence-corrected chi connectivity index (χ1v) is 11.6. The van der Waals surface area contributed by atoms with Crippen molar-refractivity contribution in [2.75, 3.05) is 4.67 Å². The minimum atomic E-state index is -2.32. The SMILES string of the molecule is S=P12c3ccccc3-c3cccnc3N1c1ncccc1-c1ccccc12. The van der Waals surface area contributed by atoms with E-state index in [1.807, 2.05) is 24.5 Å². The molecule has 6 rings (SSSR count). The number of anilines is 2. The monoisotopic (exact) mass is 383 g/mol.